The number of nitrogens with two attached hydrogens (primary N) is 1. The van der Waals surface area contributed by atoms with Crippen LogP contribution in [-0.4, -0.2) is 22.1 Å². The van der Waals surface area contributed by atoms with Gasteiger partial charge in [0.25, 0.3) is 0 Å². The Kier molecular flexibility index (Phi) is 7.43. The van der Waals surface area contributed by atoms with Crippen molar-refractivity contribution in [1.82, 2.24) is 10.3 Å². The van der Waals surface area contributed by atoms with E-state index >= 15 is 0 Å². The minimum absolute atomic E-state index is 0. The fourth-order valence-electron chi connectivity index (χ4n) is 1.48. The Morgan fingerprint density at radius 3 is 2.29 bits per heavy atom. The quantitative estimate of drug-likeness (QED) is 0.460. The molecule has 21 heavy (non-hydrogen) atoms. The molecule has 0 aliphatic carbocycles. The van der Waals surface area contributed by atoms with Crippen molar-refractivity contribution in [2.45, 2.75) is 59.2 Å². The fourth-order valence-corrected chi connectivity index (χ4v) is 1.48. The number of hydrogen-bond acceptors (Lipinski definition) is 3. The lowest BCUT2D eigenvalue weighted by molar-refractivity contribution is 0.124. The molecule has 1 aromatic rings. The van der Waals surface area contributed by atoms with E-state index < -0.39 is 0 Å². The summed E-state index contributed by atoms with van der Waals surface area (Å²) in [6, 6.07) is 3.80. The van der Waals surface area contributed by atoms with Gasteiger partial charge >= 0.3 is 0 Å². The molecule has 120 valence electrons. The number of halogens is 1. The average Bonchev–Trinajstić information content (AvgIpc) is 2.23. The van der Waals surface area contributed by atoms with Crippen LogP contribution in [0.2, 0.25) is 0 Å². The van der Waals surface area contributed by atoms with Crippen LogP contribution in [0.4, 0.5) is 0 Å². The topological polar surface area (TPSA) is 72.5 Å². The smallest absolute Gasteiger partial charge is 0.213 e. The zero-order valence-electron chi connectivity index (χ0n) is 13.7. The summed E-state index contributed by atoms with van der Waals surface area (Å²) in [5, 5.41) is 3.11. The molecular weight excluding hydrogens is 379 g/mol. The number of nitrogens with zero attached hydrogens (tertiary/aromatic N) is 2. The Labute approximate surface area is 144 Å². The number of ether oxygens (including phenoxy) is 1. The minimum Gasteiger partial charge on any atom is -0.472 e. The Morgan fingerprint density at radius 2 is 1.86 bits per heavy atom. The van der Waals surface area contributed by atoms with Crippen molar-refractivity contribution in [2.75, 3.05) is 0 Å². The number of rotatable bonds is 3. The summed E-state index contributed by atoms with van der Waals surface area (Å²) in [6.07, 6.45) is 1.76. The van der Waals surface area contributed by atoms with Gasteiger partial charge in [0.15, 0.2) is 5.96 Å². The van der Waals surface area contributed by atoms with Crippen LogP contribution in [0.25, 0.3) is 0 Å². The maximum Gasteiger partial charge on any atom is 0.213 e. The van der Waals surface area contributed by atoms with E-state index in [-0.39, 0.29) is 35.1 Å². The summed E-state index contributed by atoms with van der Waals surface area (Å²) < 4.78 is 5.66. The highest BCUT2D eigenvalue weighted by Crippen LogP contribution is 2.15. The van der Waals surface area contributed by atoms with Gasteiger partial charge in [-0.3, -0.25) is 0 Å². The average molecular weight is 406 g/mol. The summed E-state index contributed by atoms with van der Waals surface area (Å²) in [4.78, 5) is 8.55. The Balaban J connectivity index is 0.00000400. The van der Waals surface area contributed by atoms with E-state index in [1.165, 1.54) is 0 Å². The third kappa shape index (κ3) is 9.49. The molecule has 1 aromatic heterocycles. The molecule has 0 spiro atoms. The number of aromatic nitrogens is 1. The van der Waals surface area contributed by atoms with Crippen LogP contribution >= 0.6 is 24.0 Å². The Morgan fingerprint density at radius 1 is 1.24 bits per heavy atom. The monoisotopic (exact) mass is 406 g/mol. The summed E-state index contributed by atoms with van der Waals surface area (Å²) >= 11 is 0. The van der Waals surface area contributed by atoms with Gasteiger partial charge in [0.1, 0.15) is 5.60 Å². The van der Waals surface area contributed by atoms with Crippen LogP contribution in [0, 0.1) is 0 Å². The molecule has 1 rings (SSSR count). The van der Waals surface area contributed by atoms with Crippen molar-refractivity contribution in [2.24, 2.45) is 10.7 Å². The lowest BCUT2D eigenvalue weighted by Gasteiger charge is -2.21. The van der Waals surface area contributed by atoms with Gasteiger partial charge in [-0.1, -0.05) is 6.07 Å². The van der Waals surface area contributed by atoms with Gasteiger partial charge in [-0.25, -0.2) is 9.98 Å². The molecule has 1 heterocycles. The van der Waals surface area contributed by atoms with Crippen LogP contribution in [0.3, 0.4) is 0 Å². The maximum atomic E-state index is 5.81. The van der Waals surface area contributed by atoms with E-state index in [4.69, 9.17) is 10.5 Å². The number of hydrogen-bond donors (Lipinski definition) is 2. The van der Waals surface area contributed by atoms with Crippen molar-refractivity contribution in [3.63, 3.8) is 0 Å². The van der Waals surface area contributed by atoms with Crippen LogP contribution in [0.1, 0.15) is 47.1 Å². The molecule has 0 aliphatic heterocycles. The summed E-state index contributed by atoms with van der Waals surface area (Å²) in [5.41, 5.74) is 6.48. The first kappa shape index (κ1) is 19.9. The molecule has 0 unspecified atom stereocenters. The number of aliphatic imine (C=N–C) groups is 1. The van der Waals surface area contributed by atoms with Crippen molar-refractivity contribution in [1.29, 1.82) is 0 Å². The first-order valence-electron chi connectivity index (χ1n) is 6.77. The molecule has 0 radical (unpaired) electrons. The zero-order valence-corrected chi connectivity index (χ0v) is 16.1. The molecule has 0 amide bonds. The maximum absolute atomic E-state index is 5.81. The highest BCUT2D eigenvalue weighted by Gasteiger charge is 2.12. The van der Waals surface area contributed by atoms with Gasteiger partial charge in [0, 0.05) is 17.8 Å². The summed E-state index contributed by atoms with van der Waals surface area (Å²) in [6.45, 7) is 12.6. The molecule has 5 nitrogen and oxygen atoms in total. The minimum atomic E-state index is -0.242. The van der Waals surface area contributed by atoms with Gasteiger partial charge in [-0.2, -0.15) is 0 Å². The van der Waals surface area contributed by atoms with Crippen LogP contribution in [-0.2, 0) is 6.54 Å². The lowest BCUT2D eigenvalue weighted by Crippen LogP contribution is -2.44. The second kappa shape index (κ2) is 7.82. The van der Waals surface area contributed by atoms with Crippen molar-refractivity contribution in [3.8, 4) is 5.88 Å². The SMILES string of the molecule is CC(C)(C)NC(N)=NCc1ccc(OC(C)(C)C)nc1.I. The molecule has 3 N–H and O–H groups in total. The van der Waals surface area contributed by atoms with Crippen molar-refractivity contribution >= 4 is 29.9 Å². The van der Waals surface area contributed by atoms with Crippen LogP contribution in [0.5, 0.6) is 5.88 Å². The molecule has 0 aromatic carbocycles. The normalized spacial score (nSPS) is 12.6. The van der Waals surface area contributed by atoms with E-state index in [1.54, 1.807) is 6.20 Å². The summed E-state index contributed by atoms with van der Waals surface area (Å²) in [5.74, 6) is 1.05. The molecule has 0 saturated heterocycles. The summed E-state index contributed by atoms with van der Waals surface area (Å²) in [7, 11) is 0. The van der Waals surface area contributed by atoms with E-state index in [0.717, 1.165) is 5.56 Å². The molecule has 0 bridgehead atoms. The predicted octanol–water partition coefficient (Wildman–Crippen LogP) is 3.08. The molecule has 0 aliphatic rings. The van der Waals surface area contributed by atoms with Gasteiger partial charge in [-0.05, 0) is 47.1 Å². The van der Waals surface area contributed by atoms with E-state index in [1.807, 2.05) is 53.7 Å². The third-order valence-corrected chi connectivity index (χ3v) is 2.14. The second-order valence-electron chi connectivity index (χ2n) is 6.80. The molecule has 0 saturated carbocycles. The number of guanidine groups is 1. The molecule has 6 heteroatoms. The van der Waals surface area contributed by atoms with Gasteiger partial charge in [0.2, 0.25) is 5.88 Å². The third-order valence-electron chi connectivity index (χ3n) is 2.14. The standard InChI is InChI=1S/C15H26N4O.HI/c1-14(2,3)19-13(16)18-10-11-7-8-12(17-9-11)20-15(4,5)6;/h7-9H,10H2,1-6H3,(H3,16,18,19);1H. The van der Waals surface area contributed by atoms with Crippen LogP contribution < -0.4 is 15.8 Å². The number of pyridine rings is 1. The first-order valence-corrected chi connectivity index (χ1v) is 6.77. The van der Waals surface area contributed by atoms with Crippen molar-refractivity contribution < 1.29 is 4.74 Å². The first-order chi connectivity index (χ1) is 9.05. The molecular formula is C15H27IN4O. The lowest BCUT2D eigenvalue weighted by atomic mass is 10.1. The Hall–Kier alpha value is -1.05. The largest absolute Gasteiger partial charge is 0.472 e. The molecule has 0 fully saturated rings. The second-order valence-corrected chi connectivity index (χ2v) is 6.80. The van der Waals surface area contributed by atoms with Gasteiger partial charge in [-0.15, -0.1) is 24.0 Å². The van der Waals surface area contributed by atoms with Crippen LogP contribution in [0.15, 0.2) is 23.3 Å². The number of nitrogens with one attached hydrogen (secondary N) is 1. The Bertz CT molecular complexity index is 458. The fraction of sp³-hybridized carbons (Fsp3) is 0.600. The van der Waals surface area contributed by atoms with Gasteiger partial charge < -0.3 is 15.8 Å². The predicted molar refractivity (Wildman–Crippen MR) is 98.2 cm³/mol. The van der Waals surface area contributed by atoms with Crippen molar-refractivity contribution in [3.05, 3.63) is 23.9 Å². The van der Waals surface area contributed by atoms with E-state index in [2.05, 4.69) is 15.3 Å². The highest BCUT2D eigenvalue weighted by atomic mass is 127. The van der Waals surface area contributed by atoms with E-state index in [0.29, 0.717) is 18.4 Å². The van der Waals surface area contributed by atoms with Gasteiger partial charge in [0.05, 0.1) is 6.54 Å². The highest BCUT2D eigenvalue weighted by molar-refractivity contribution is 14.0. The zero-order chi connectivity index (χ0) is 15.4. The van der Waals surface area contributed by atoms with E-state index in [9.17, 15) is 0 Å². The molecule has 0 atom stereocenters.